The number of carbonyl (C=O) groups is 1. The van der Waals surface area contributed by atoms with Gasteiger partial charge in [0.25, 0.3) is 0 Å². The molecule has 2 fully saturated rings. The largest absolute Gasteiger partial charge is 0.342 e. The number of benzene rings is 1. The molecular weight excluding hydrogens is 334 g/mol. The van der Waals surface area contributed by atoms with Gasteiger partial charge >= 0.3 is 0 Å². The van der Waals surface area contributed by atoms with Crippen LogP contribution in [0.25, 0.3) is 0 Å². The highest BCUT2D eigenvalue weighted by molar-refractivity contribution is 6.31. The van der Waals surface area contributed by atoms with Gasteiger partial charge in [0.2, 0.25) is 5.91 Å². The fourth-order valence-electron chi connectivity index (χ4n) is 3.93. The van der Waals surface area contributed by atoms with Crippen molar-refractivity contribution in [3.05, 3.63) is 34.9 Å². The fraction of sp³-hybridized carbons (Fsp3) is 0.650. The van der Waals surface area contributed by atoms with E-state index in [2.05, 4.69) is 27.7 Å². The molecule has 4 nitrogen and oxygen atoms in total. The van der Waals surface area contributed by atoms with E-state index in [1.165, 1.54) is 18.4 Å². The fourth-order valence-corrected chi connectivity index (χ4v) is 4.22. The number of amides is 1. The predicted octanol–water partition coefficient (Wildman–Crippen LogP) is 3.42. The van der Waals surface area contributed by atoms with Crippen molar-refractivity contribution < 1.29 is 4.79 Å². The number of piperazine rings is 1. The number of likely N-dealkylation sites (tertiary alicyclic amines) is 1. The van der Waals surface area contributed by atoms with Crippen LogP contribution in [0.1, 0.15) is 44.2 Å². The molecule has 2 saturated heterocycles. The lowest BCUT2D eigenvalue weighted by atomic mass is 10.1. The summed E-state index contributed by atoms with van der Waals surface area (Å²) in [4.78, 5) is 19.4. The second-order valence-corrected chi connectivity index (χ2v) is 7.71. The van der Waals surface area contributed by atoms with E-state index in [1.807, 2.05) is 18.2 Å². The molecule has 0 aliphatic carbocycles. The quantitative estimate of drug-likeness (QED) is 0.820. The molecule has 1 amide bonds. The van der Waals surface area contributed by atoms with E-state index in [9.17, 15) is 4.79 Å². The van der Waals surface area contributed by atoms with Crippen molar-refractivity contribution in [2.75, 3.05) is 45.8 Å². The third-order valence-electron chi connectivity index (χ3n) is 5.63. The molecule has 3 rings (SSSR count). The summed E-state index contributed by atoms with van der Waals surface area (Å²) in [5.41, 5.74) is 1.19. The van der Waals surface area contributed by atoms with Gasteiger partial charge in [0.15, 0.2) is 0 Å². The van der Waals surface area contributed by atoms with E-state index in [0.29, 0.717) is 18.5 Å². The third-order valence-corrected chi connectivity index (χ3v) is 5.97. The highest BCUT2D eigenvalue weighted by atomic mass is 35.5. The summed E-state index contributed by atoms with van der Waals surface area (Å²) in [5, 5.41) is 0.841. The minimum atomic E-state index is 0.314. The molecule has 0 saturated carbocycles. The molecule has 2 aliphatic heterocycles. The number of rotatable bonds is 4. The van der Waals surface area contributed by atoms with Crippen LogP contribution in [-0.4, -0.2) is 66.4 Å². The Kier molecular flexibility index (Phi) is 6.74. The monoisotopic (exact) mass is 363 g/mol. The van der Waals surface area contributed by atoms with Gasteiger partial charge in [0.1, 0.15) is 0 Å². The van der Waals surface area contributed by atoms with Crippen molar-refractivity contribution in [3.8, 4) is 0 Å². The first kappa shape index (κ1) is 18.7. The van der Waals surface area contributed by atoms with Crippen LogP contribution in [0.3, 0.4) is 0 Å². The van der Waals surface area contributed by atoms with Crippen LogP contribution < -0.4 is 0 Å². The molecule has 2 aliphatic rings. The molecule has 0 bridgehead atoms. The van der Waals surface area contributed by atoms with E-state index in [4.69, 9.17) is 11.6 Å². The minimum Gasteiger partial charge on any atom is -0.342 e. The Morgan fingerprint density at radius 3 is 2.28 bits per heavy atom. The topological polar surface area (TPSA) is 26.8 Å². The smallest absolute Gasteiger partial charge is 0.236 e. The molecule has 1 aromatic carbocycles. The molecule has 25 heavy (non-hydrogen) atoms. The minimum absolute atomic E-state index is 0.314. The van der Waals surface area contributed by atoms with E-state index < -0.39 is 0 Å². The zero-order chi connectivity index (χ0) is 17.6. The van der Waals surface area contributed by atoms with Crippen LogP contribution in [0.15, 0.2) is 24.3 Å². The number of nitrogens with zero attached hydrogens (tertiary/aromatic N) is 3. The SMILES string of the molecule is CC(c1ccccc1Cl)N1CCN(CC(=O)N2CCCCCC2)CC1. The summed E-state index contributed by atoms with van der Waals surface area (Å²) in [6.45, 7) is 8.57. The second-order valence-electron chi connectivity index (χ2n) is 7.30. The maximum absolute atomic E-state index is 12.6. The van der Waals surface area contributed by atoms with Gasteiger partial charge in [-0.2, -0.15) is 0 Å². The van der Waals surface area contributed by atoms with Crippen LogP contribution in [0, 0.1) is 0 Å². The van der Waals surface area contributed by atoms with Crippen LogP contribution in [0.5, 0.6) is 0 Å². The van der Waals surface area contributed by atoms with E-state index >= 15 is 0 Å². The summed E-state index contributed by atoms with van der Waals surface area (Å²) in [6, 6.07) is 8.42. The lowest BCUT2D eigenvalue weighted by molar-refractivity contribution is -0.132. The Balaban J connectivity index is 1.48. The predicted molar refractivity (Wildman–Crippen MR) is 103 cm³/mol. The molecule has 0 N–H and O–H groups in total. The highest BCUT2D eigenvalue weighted by Gasteiger charge is 2.25. The molecule has 5 heteroatoms. The Labute approximate surface area is 156 Å². The van der Waals surface area contributed by atoms with Gasteiger partial charge in [-0.15, -0.1) is 0 Å². The molecule has 2 heterocycles. The molecule has 138 valence electrons. The van der Waals surface area contributed by atoms with Crippen LogP contribution in [-0.2, 0) is 4.79 Å². The Hall–Kier alpha value is -1.10. The standard InChI is InChI=1S/C20H30ClN3O/c1-17(18-8-4-5-9-19(18)21)23-14-12-22(13-15-23)16-20(25)24-10-6-2-3-7-11-24/h4-5,8-9,17H,2-3,6-7,10-16H2,1H3. The first-order valence-electron chi connectivity index (χ1n) is 9.64. The van der Waals surface area contributed by atoms with Crippen molar-refractivity contribution in [1.82, 2.24) is 14.7 Å². The van der Waals surface area contributed by atoms with E-state index in [0.717, 1.165) is 57.1 Å². The molecule has 0 spiro atoms. The van der Waals surface area contributed by atoms with Gasteiger partial charge in [-0.05, 0) is 31.4 Å². The summed E-state index contributed by atoms with van der Waals surface area (Å²) in [6.07, 6.45) is 4.86. The maximum Gasteiger partial charge on any atom is 0.236 e. The summed E-state index contributed by atoms with van der Waals surface area (Å²) < 4.78 is 0. The van der Waals surface area contributed by atoms with Crippen molar-refractivity contribution in [2.24, 2.45) is 0 Å². The van der Waals surface area contributed by atoms with Crippen molar-refractivity contribution in [2.45, 2.75) is 38.6 Å². The highest BCUT2D eigenvalue weighted by Crippen LogP contribution is 2.27. The lowest BCUT2D eigenvalue weighted by Gasteiger charge is -2.38. The van der Waals surface area contributed by atoms with Crippen molar-refractivity contribution >= 4 is 17.5 Å². The molecule has 0 aromatic heterocycles. The van der Waals surface area contributed by atoms with E-state index in [-0.39, 0.29) is 0 Å². The first-order chi connectivity index (χ1) is 12.1. The molecule has 1 aromatic rings. The number of halogens is 1. The third kappa shape index (κ3) is 4.96. The number of hydrogen-bond donors (Lipinski definition) is 0. The number of carbonyl (C=O) groups excluding carboxylic acids is 1. The van der Waals surface area contributed by atoms with Crippen molar-refractivity contribution in [1.29, 1.82) is 0 Å². The summed E-state index contributed by atoms with van der Waals surface area (Å²) >= 11 is 6.35. The van der Waals surface area contributed by atoms with Crippen LogP contribution in [0.2, 0.25) is 5.02 Å². The van der Waals surface area contributed by atoms with E-state index in [1.54, 1.807) is 0 Å². The van der Waals surface area contributed by atoms with Gasteiger partial charge in [-0.25, -0.2) is 0 Å². The Bertz CT molecular complexity index is 564. The summed E-state index contributed by atoms with van der Waals surface area (Å²) in [5.74, 6) is 0.314. The second kappa shape index (κ2) is 9.02. The molecule has 1 unspecified atom stereocenters. The lowest BCUT2D eigenvalue weighted by Crippen LogP contribution is -2.50. The van der Waals surface area contributed by atoms with Crippen LogP contribution in [0.4, 0.5) is 0 Å². The average Bonchev–Trinajstić information content (AvgIpc) is 2.92. The van der Waals surface area contributed by atoms with Gasteiger partial charge < -0.3 is 4.90 Å². The first-order valence-corrected chi connectivity index (χ1v) is 10.0. The number of hydrogen-bond acceptors (Lipinski definition) is 3. The van der Waals surface area contributed by atoms with Crippen molar-refractivity contribution in [3.63, 3.8) is 0 Å². The zero-order valence-corrected chi connectivity index (χ0v) is 16.0. The Morgan fingerprint density at radius 2 is 1.64 bits per heavy atom. The van der Waals surface area contributed by atoms with Crippen LogP contribution >= 0.6 is 11.6 Å². The van der Waals surface area contributed by atoms with Gasteiger partial charge in [-0.1, -0.05) is 42.6 Å². The molecule has 0 radical (unpaired) electrons. The van der Waals surface area contributed by atoms with Gasteiger partial charge in [0.05, 0.1) is 6.54 Å². The Morgan fingerprint density at radius 1 is 1.00 bits per heavy atom. The normalized spacial score (nSPS) is 21.8. The summed E-state index contributed by atoms with van der Waals surface area (Å²) in [7, 11) is 0. The van der Waals surface area contributed by atoms with Gasteiger partial charge in [-0.3, -0.25) is 14.6 Å². The molecule has 1 atom stereocenters. The average molecular weight is 364 g/mol. The van der Waals surface area contributed by atoms with Gasteiger partial charge in [0, 0.05) is 50.3 Å². The zero-order valence-electron chi connectivity index (χ0n) is 15.3. The maximum atomic E-state index is 12.6. The molecular formula is C20H30ClN3O.